The van der Waals surface area contributed by atoms with Crippen LogP contribution in [-0.4, -0.2) is 36.6 Å². The lowest BCUT2D eigenvalue weighted by Crippen LogP contribution is -2.24. The van der Waals surface area contributed by atoms with Crippen LogP contribution >= 0.6 is 15.9 Å². The first-order valence-electron chi connectivity index (χ1n) is 5.84. The minimum Gasteiger partial charge on any atom is -0.367 e. The van der Waals surface area contributed by atoms with Crippen molar-refractivity contribution in [1.82, 2.24) is 9.88 Å². The Hall–Kier alpha value is -0.820. The van der Waals surface area contributed by atoms with Gasteiger partial charge >= 0.3 is 6.18 Å². The topological polar surface area (TPSA) is 28.2 Å². The van der Waals surface area contributed by atoms with Crippen LogP contribution in [0.5, 0.6) is 0 Å². The number of alkyl halides is 3. The zero-order valence-electron chi connectivity index (χ0n) is 11.1. The third kappa shape index (κ3) is 5.36. The molecule has 1 rings (SSSR count). The van der Waals surface area contributed by atoms with Gasteiger partial charge in [0, 0.05) is 16.7 Å². The molecule has 108 valence electrons. The highest BCUT2D eigenvalue weighted by atomic mass is 79.9. The molecule has 0 fully saturated rings. The molecule has 1 N–H and O–H groups in total. The average Bonchev–Trinajstić information content (AvgIpc) is 2.27. The van der Waals surface area contributed by atoms with Crippen molar-refractivity contribution in [2.75, 3.05) is 26.0 Å². The number of halogens is 4. The van der Waals surface area contributed by atoms with E-state index in [4.69, 9.17) is 0 Å². The summed E-state index contributed by atoms with van der Waals surface area (Å²) in [4.78, 5) is 5.80. The van der Waals surface area contributed by atoms with Gasteiger partial charge in [-0.25, -0.2) is 4.98 Å². The number of hydrogen-bond acceptors (Lipinski definition) is 3. The molecule has 1 aromatic rings. The lowest BCUT2D eigenvalue weighted by atomic mass is 10.2. The first-order chi connectivity index (χ1) is 8.70. The minimum absolute atomic E-state index is 0.0859. The minimum atomic E-state index is -4.42. The Bertz CT molecular complexity index is 421. The zero-order chi connectivity index (χ0) is 14.6. The van der Waals surface area contributed by atoms with Gasteiger partial charge in [-0.15, -0.1) is 0 Å². The van der Waals surface area contributed by atoms with E-state index in [1.165, 1.54) is 6.20 Å². The molecule has 7 heteroatoms. The first kappa shape index (κ1) is 16.2. The van der Waals surface area contributed by atoms with E-state index >= 15 is 0 Å². The van der Waals surface area contributed by atoms with Crippen LogP contribution in [0.25, 0.3) is 0 Å². The lowest BCUT2D eigenvalue weighted by Gasteiger charge is -2.20. The summed E-state index contributed by atoms with van der Waals surface area (Å²) in [6.45, 7) is 2.64. The number of hydrogen-bond donors (Lipinski definition) is 1. The fraction of sp³-hybridized carbons (Fsp3) is 0.583. The Morgan fingerprint density at radius 1 is 1.42 bits per heavy atom. The summed E-state index contributed by atoms with van der Waals surface area (Å²) in [7, 11) is 3.84. The molecule has 1 atom stereocenters. The molecule has 0 aliphatic carbocycles. The van der Waals surface area contributed by atoms with Crippen LogP contribution in [0.1, 0.15) is 18.9 Å². The zero-order valence-corrected chi connectivity index (χ0v) is 12.6. The third-order valence-corrected chi connectivity index (χ3v) is 2.99. The van der Waals surface area contributed by atoms with Crippen molar-refractivity contribution in [2.24, 2.45) is 0 Å². The van der Waals surface area contributed by atoms with Crippen molar-refractivity contribution < 1.29 is 13.2 Å². The van der Waals surface area contributed by atoms with Crippen LogP contribution in [0.15, 0.2) is 16.7 Å². The largest absolute Gasteiger partial charge is 0.419 e. The predicted molar refractivity (Wildman–Crippen MR) is 73.2 cm³/mol. The van der Waals surface area contributed by atoms with Crippen LogP contribution in [0.4, 0.5) is 19.0 Å². The number of aromatic nitrogens is 1. The van der Waals surface area contributed by atoms with E-state index in [0.29, 0.717) is 4.47 Å². The molecule has 0 amide bonds. The van der Waals surface area contributed by atoms with Crippen LogP contribution in [0.2, 0.25) is 0 Å². The second-order valence-corrected chi connectivity index (χ2v) is 5.60. The van der Waals surface area contributed by atoms with E-state index in [9.17, 15) is 13.2 Å². The molecule has 3 nitrogen and oxygen atoms in total. The van der Waals surface area contributed by atoms with Crippen LogP contribution in [-0.2, 0) is 6.18 Å². The fourth-order valence-electron chi connectivity index (χ4n) is 1.53. The van der Waals surface area contributed by atoms with Crippen molar-refractivity contribution in [3.05, 3.63) is 22.3 Å². The highest BCUT2D eigenvalue weighted by Crippen LogP contribution is 2.35. The SMILES string of the molecule is CC(CCN(C)C)Nc1ncc(Br)cc1C(F)(F)F. The van der Waals surface area contributed by atoms with Gasteiger partial charge in [0.05, 0.1) is 5.56 Å². The normalized spacial score (nSPS) is 13.7. The quantitative estimate of drug-likeness (QED) is 0.888. The molecule has 0 saturated heterocycles. The van der Waals surface area contributed by atoms with Gasteiger partial charge < -0.3 is 10.2 Å². The Morgan fingerprint density at radius 3 is 2.58 bits per heavy atom. The summed E-state index contributed by atoms with van der Waals surface area (Å²) in [5.41, 5.74) is -0.751. The highest BCUT2D eigenvalue weighted by molar-refractivity contribution is 9.10. The molecule has 0 aliphatic rings. The summed E-state index contributed by atoms with van der Waals surface area (Å²) in [5, 5.41) is 2.82. The maximum Gasteiger partial charge on any atom is 0.419 e. The lowest BCUT2D eigenvalue weighted by molar-refractivity contribution is -0.137. The van der Waals surface area contributed by atoms with Crippen molar-refractivity contribution >= 4 is 21.7 Å². The Labute approximate surface area is 119 Å². The molecule has 0 aromatic carbocycles. The van der Waals surface area contributed by atoms with E-state index in [-0.39, 0.29) is 11.9 Å². The molecule has 1 aromatic heterocycles. The van der Waals surface area contributed by atoms with Gasteiger partial charge in [0.1, 0.15) is 5.82 Å². The number of nitrogens with one attached hydrogen (secondary N) is 1. The second-order valence-electron chi connectivity index (χ2n) is 4.68. The molecule has 0 spiro atoms. The van der Waals surface area contributed by atoms with E-state index in [0.717, 1.165) is 19.0 Å². The monoisotopic (exact) mass is 339 g/mol. The Morgan fingerprint density at radius 2 is 2.05 bits per heavy atom. The summed E-state index contributed by atoms with van der Waals surface area (Å²) in [5.74, 6) is -0.123. The predicted octanol–water partition coefficient (Wildman–Crippen LogP) is 3.62. The van der Waals surface area contributed by atoms with Crippen LogP contribution in [0.3, 0.4) is 0 Å². The van der Waals surface area contributed by atoms with Gasteiger partial charge in [-0.3, -0.25) is 0 Å². The van der Waals surface area contributed by atoms with E-state index in [1.54, 1.807) is 0 Å². The molecule has 1 heterocycles. The highest BCUT2D eigenvalue weighted by Gasteiger charge is 2.34. The van der Waals surface area contributed by atoms with Crippen molar-refractivity contribution in [1.29, 1.82) is 0 Å². The smallest absolute Gasteiger partial charge is 0.367 e. The molecule has 0 bridgehead atoms. The van der Waals surface area contributed by atoms with Crippen molar-refractivity contribution in [2.45, 2.75) is 25.6 Å². The van der Waals surface area contributed by atoms with Crippen LogP contribution in [0, 0.1) is 0 Å². The summed E-state index contributed by atoms with van der Waals surface area (Å²) in [6.07, 6.45) is -2.32. The molecule has 1 unspecified atom stereocenters. The number of rotatable bonds is 5. The van der Waals surface area contributed by atoms with Crippen LogP contribution < -0.4 is 5.32 Å². The van der Waals surface area contributed by atoms with Gasteiger partial charge in [0.15, 0.2) is 0 Å². The first-order valence-corrected chi connectivity index (χ1v) is 6.63. The molecular weight excluding hydrogens is 323 g/mol. The standard InChI is InChI=1S/C12H17BrF3N3/c1-8(4-5-19(2)3)18-11-10(12(14,15)16)6-9(13)7-17-11/h6-8H,4-5H2,1-3H3,(H,17,18). The molecular formula is C12H17BrF3N3. The van der Waals surface area contributed by atoms with E-state index in [1.807, 2.05) is 25.9 Å². The van der Waals surface area contributed by atoms with Crippen molar-refractivity contribution in [3.8, 4) is 0 Å². The van der Waals surface area contributed by atoms with Gasteiger partial charge in [-0.2, -0.15) is 13.2 Å². The van der Waals surface area contributed by atoms with Gasteiger partial charge in [-0.1, -0.05) is 0 Å². The summed E-state index contributed by atoms with van der Waals surface area (Å²) in [6, 6.07) is 0.950. The molecule has 0 saturated carbocycles. The summed E-state index contributed by atoms with van der Waals surface area (Å²) >= 11 is 3.01. The Kier molecular flexibility index (Phi) is 5.61. The number of anilines is 1. The summed E-state index contributed by atoms with van der Waals surface area (Å²) < 4.78 is 39.0. The molecule has 0 aliphatic heterocycles. The fourth-order valence-corrected chi connectivity index (χ4v) is 1.86. The second kappa shape index (κ2) is 6.56. The maximum atomic E-state index is 12.9. The van der Waals surface area contributed by atoms with Gasteiger partial charge in [0.25, 0.3) is 0 Å². The maximum absolute atomic E-state index is 12.9. The van der Waals surface area contributed by atoms with Crippen molar-refractivity contribution in [3.63, 3.8) is 0 Å². The van der Waals surface area contributed by atoms with Gasteiger partial charge in [-0.05, 0) is 56.0 Å². The Balaban J connectivity index is 2.83. The molecule has 0 radical (unpaired) electrons. The third-order valence-electron chi connectivity index (χ3n) is 2.55. The molecule has 19 heavy (non-hydrogen) atoms. The number of pyridine rings is 1. The van der Waals surface area contributed by atoms with Gasteiger partial charge in [0.2, 0.25) is 0 Å². The van der Waals surface area contributed by atoms with E-state index in [2.05, 4.69) is 26.2 Å². The van der Waals surface area contributed by atoms with E-state index < -0.39 is 11.7 Å². The average molecular weight is 340 g/mol. The number of nitrogens with zero attached hydrogens (tertiary/aromatic N) is 2.